The number of carbonyl (C=O) groups excluding carboxylic acids is 1. The lowest BCUT2D eigenvalue weighted by Crippen LogP contribution is -2.42. The van der Waals surface area contributed by atoms with Crippen LogP contribution < -0.4 is 10.6 Å². The van der Waals surface area contributed by atoms with E-state index in [1.807, 2.05) is 6.92 Å². The number of rotatable bonds is 4. The summed E-state index contributed by atoms with van der Waals surface area (Å²) in [6, 6.07) is 0. The lowest BCUT2D eigenvalue weighted by Gasteiger charge is -2.22. The molecule has 3 N–H and O–H groups in total. The van der Waals surface area contributed by atoms with Crippen LogP contribution in [-0.2, 0) is 9.59 Å². The molecule has 5 nitrogen and oxygen atoms in total. The molecule has 0 spiro atoms. The van der Waals surface area contributed by atoms with Gasteiger partial charge in [-0.15, -0.1) is 0 Å². The average molecular weight is 214 g/mol. The van der Waals surface area contributed by atoms with E-state index in [0.29, 0.717) is 6.54 Å². The molecule has 5 heteroatoms. The first-order valence-corrected chi connectivity index (χ1v) is 5.17. The summed E-state index contributed by atoms with van der Waals surface area (Å²) in [4.78, 5) is 22.3. The number of carboxylic acid groups (broad SMARTS) is 1. The van der Waals surface area contributed by atoms with Gasteiger partial charge in [-0.3, -0.25) is 9.59 Å². The van der Waals surface area contributed by atoms with Crippen LogP contribution in [0.1, 0.15) is 20.3 Å². The SMILES string of the molecule is CC(CNC(=O)C1(C)CCNC1)C(=O)O. The van der Waals surface area contributed by atoms with Gasteiger partial charge in [0, 0.05) is 13.1 Å². The van der Waals surface area contributed by atoms with Gasteiger partial charge in [0.15, 0.2) is 0 Å². The van der Waals surface area contributed by atoms with Gasteiger partial charge in [-0.2, -0.15) is 0 Å². The van der Waals surface area contributed by atoms with Gasteiger partial charge < -0.3 is 15.7 Å². The first kappa shape index (κ1) is 12.0. The van der Waals surface area contributed by atoms with Crippen molar-refractivity contribution in [3.63, 3.8) is 0 Å². The summed E-state index contributed by atoms with van der Waals surface area (Å²) in [7, 11) is 0. The largest absolute Gasteiger partial charge is 0.481 e. The number of carboxylic acids is 1. The van der Waals surface area contributed by atoms with Crippen LogP contribution in [0.25, 0.3) is 0 Å². The summed E-state index contributed by atoms with van der Waals surface area (Å²) < 4.78 is 0. The fraction of sp³-hybridized carbons (Fsp3) is 0.800. The molecule has 86 valence electrons. The molecule has 1 fully saturated rings. The van der Waals surface area contributed by atoms with Gasteiger partial charge in [0.1, 0.15) is 0 Å². The third kappa shape index (κ3) is 2.92. The highest BCUT2D eigenvalue weighted by molar-refractivity contribution is 5.83. The summed E-state index contributed by atoms with van der Waals surface area (Å²) in [5.41, 5.74) is -0.377. The molecule has 0 radical (unpaired) electrons. The molecule has 0 aromatic carbocycles. The minimum Gasteiger partial charge on any atom is -0.481 e. The summed E-state index contributed by atoms with van der Waals surface area (Å²) in [6.45, 7) is 5.19. The number of nitrogens with one attached hydrogen (secondary N) is 2. The Hall–Kier alpha value is -1.10. The van der Waals surface area contributed by atoms with Gasteiger partial charge in [0.05, 0.1) is 11.3 Å². The van der Waals surface area contributed by atoms with Crippen molar-refractivity contribution in [2.45, 2.75) is 20.3 Å². The standard InChI is InChI=1S/C10H18N2O3/c1-7(8(13)14)5-12-9(15)10(2)3-4-11-6-10/h7,11H,3-6H2,1-2H3,(H,12,15)(H,13,14). The number of hydrogen-bond acceptors (Lipinski definition) is 3. The Bertz CT molecular complexity index is 259. The van der Waals surface area contributed by atoms with Crippen molar-refractivity contribution >= 4 is 11.9 Å². The van der Waals surface area contributed by atoms with Crippen molar-refractivity contribution in [1.29, 1.82) is 0 Å². The van der Waals surface area contributed by atoms with Crippen LogP contribution in [0.2, 0.25) is 0 Å². The third-order valence-corrected chi connectivity index (χ3v) is 2.91. The molecule has 1 heterocycles. The van der Waals surface area contributed by atoms with E-state index in [0.717, 1.165) is 13.0 Å². The lowest BCUT2D eigenvalue weighted by atomic mass is 9.88. The molecule has 0 bridgehead atoms. The van der Waals surface area contributed by atoms with Crippen LogP contribution >= 0.6 is 0 Å². The van der Waals surface area contributed by atoms with E-state index in [2.05, 4.69) is 10.6 Å². The molecule has 1 rings (SSSR count). The third-order valence-electron chi connectivity index (χ3n) is 2.91. The van der Waals surface area contributed by atoms with Gasteiger partial charge in [0.2, 0.25) is 5.91 Å². The predicted octanol–water partition coefficient (Wildman–Crippen LogP) is -0.177. The van der Waals surface area contributed by atoms with Crippen LogP contribution in [0, 0.1) is 11.3 Å². The second-order valence-electron chi connectivity index (χ2n) is 4.44. The van der Waals surface area contributed by atoms with Gasteiger partial charge in [-0.25, -0.2) is 0 Å². The Balaban J connectivity index is 2.39. The molecule has 15 heavy (non-hydrogen) atoms. The monoisotopic (exact) mass is 214 g/mol. The highest BCUT2D eigenvalue weighted by atomic mass is 16.4. The maximum absolute atomic E-state index is 11.8. The molecule has 0 saturated carbocycles. The molecule has 2 atom stereocenters. The molecule has 1 amide bonds. The topological polar surface area (TPSA) is 78.4 Å². The number of carbonyl (C=O) groups is 2. The van der Waals surface area contributed by atoms with Crippen LogP contribution in [0.15, 0.2) is 0 Å². The summed E-state index contributed by atoms with van der Waals surface area (Å²) in [5, 5.41) is 14.5. The highest BCUT2D eigenvalue weighted by Gasteiger charge is 2.36. The van der Waals surface area contributed by atoms with Crippen molar-refractivity contribution in [2.75, 3.05) is 19.6 Å². The van der Waals surface area contributed by atoms with E-state index in [1.54, 1.807) is 6.92 Å². The van der Waals surface area contributed by atoms with Gasteiger partial charge in [-0.05, 0) is 19.9 Å². The van der Waals surface area contributed by atoms with Crippen molar-refractivity contribution < 1.29 is 14.7 Å². The normalized spacial score (nSPS) is 27.3. The van der Waals surface area contributed by atoms with Crippen molar-refractivity contribution in [3.8, 4) is 0 Å². The molecule has 1 aliphatic rings. The summed E-state index contributed by atoms with van der Waals surface area (Å²) >= 11 is 0. The smallest absolute Gasteiger partial charge is 0.308 e. The maximum atomic E-state index is 11.8. The van der Waals surface area contributed by atoms with Crippen LogP contribution in [0.4, 0.5) is 0 Å². The zero-order valence-corrected chi connectivity index (χ0v) is 9.17. The van der Waals surface area contributed by atoms with Crippen LogP contribution in [-0.4, -0.2) is 36.6 Å². The first-order chi connectivity index (χ1) is 6.96. The summed E-state index contributed by atoms with van der Waals surface area (Å²) in [6.07, 6.45) is 0.806. The molecule has 0 aliphatic carbocycles. The molecule has 0 aromatic rings. The van der Waals surface area contributed by atoms with E-state index < -0.39 is 11.9 Å². The second kappa shape index (κ2) is 4.61. The van der Waals surface area contributed by atoms with Crippen LogP contribution in [0.3, 0.4) is 0 Å². The van der Waals surface area contributed by atoms with E-state index in [-0.39, 0.29) is 17.9 Å². The molecule has 1 aliphatic heterocycles. The average Bonchev–Trinajstić information content (AvgIpc) is 2.62. The molecular weight excluding hydrogens is 196 g/mol. The number of hydrogen-bond donors (Lipinski definition) is 3. The Kier molecular flexibility index (Phi) is 3.68. The minimum absolute atomic E-state index is 0.0550. The van der Waals surface area contributed by atoms with Crippen LogP contribution in [0.5, 0.6) is 0 Å². The molecular formula is C10H18N2O3. The first-order valence-electron chi connectivity index (χ1n) is 5.17. The lowest BCUT2D eigenvalue weighted by molar-refractivity contribution is -0.141. The predicted molar refractivity (Wildman–Crippen MR) is 55.4 cm³/mol. The zero-order chi connectivity index (χ0) is 11.5. The quantitative estimate of drug-likeness (QED) is 0.607. The fourth-order valence-corrected chi connectivity index (χ4v) is 1.56. The highest BCUT2D eigenvalue weighted by Crippen LogP contribution is 2.24. The van der Waals surface area contributed by atoms with E-state index in [1.165, 1.54) is 0 Å². The Morgan fingerprint density at radius 3 is 2.73 bits per heavy atom. The Morgan fingerprint density at radius 1 is 1.60 bits per heavy atom. The molecule has 2 unspecified atom stereocenters. The Morgan fingerprint density at radius 2 is 2.27 bits per heavy atom. The van der Waals surface area contributed by atoms with E-state index in [9.17, 15) is 9.59 Å². The number of amides is 1. The zero-order valence-electron chi connectivity index (χ0n) is 9.17. The second-order valence-corrected chi connectivity index (χ2v) is 4.44. The molecule has 1 saturated heterocycles. The summed E-state index contributed by atoms with van der Waals surface area (Å²) in [5.74, 6) is -1.47. The van der Waals surface area contributed by atoms with Crippen molar-refractivity contribution in [3.05, 3.63) is 0 Å². The van der Waals surface area contributed by atoms with E-state index >= 15 is 0 Å². The van der Waals surface area contributed by atoms with Crippen molar-refractivity contribution in [2.24, 2.45) is 11.3 Å². The van der Waals surface area contributed by atoms with Gasteiger partial charge in [-0.1, -0.05) is 6.92 Å². The van der Waals surface area contributed by atoms with Gasteiger partial charge >= 0.3 is 5.97 Å². The maximum Gasteiger partial charge on any atom is 0.308 e. The molecule has 0 aromatic heterocycles. The van der Waals surface area contributed by atoms with Crippen molar-refractivity contribution in [1.82, 2.24) is 10.6 Å². The number of aliphatic carboxylic acids is 1. The Labute approximate surface area is 89.2 Å². The minimum atomic E-state index is -0.884. The van der Waals surface area contributed by atoms with Gasteiger partial charge in [0.25, 0.3) is 0 Å². The van der Waals surface area contributed by atoms with E-state index in [4.69, 9.17) is 5.11 Å². The fourth-order valence-electron chi connectivity index (χ4n) is 1.56.